The number of hydrogen-bond donors (Lipinski definition) is 0. The molecule has 0 aliphatic carbocycles. The van der Waals surface area contributed by atoms with Gasteiger partial charge >= 0.3 is 11.9 Å². The van der Waals surface area contributed by atoms with E-state index in [-0.39, 0.29) is 26.1 Å². The lowest BCUT2D eigenvalue weighted by Gasteiger charge is -2.28. The van der Waals surface area contributed by atoms with E-state index in [1.165, 1.54) is 103 Å². The molecule has 0 saturated carbocycles. The van der Waals surface area contributed by atoms with Crippen molar-refractivity contribution < 1.29 is 42.1 Å². The number of phosphoric ester groups is 1. The molecule has 0 spiro atoms. The lowest BCUT2D eigenvalue weighted by atomic mass is 10.0. The molecule has 0 amide bonds. The largest absolute Gasteiger partial charge is 0.756 e. The van der Waals surface area contributed by atoms with Crippen LogP contribution in [0.2, 0.25) is 0 Å². The maximum absolute atomic E-state index is 12.7. The molecule has 0 aliphatic rings. The van der Waals surface area contributed by atoms with Gasteiger partial charge in [-0.25, -0.2) is 0 Å². The van der Waals surface area contributed by atoms with E-state index in [4.69, 9.17) is 18.5 Å². The van der Waals surface area contributed by atoms with E-state index in [0.717, 1.165) is 44.9 Å². The number of phosphoric acid groups is 1. The molecular weight excluding hydrogens is 750 g/mol. The Bertz CT molecular complexity index is 1170. The van der Waals surface area contributed by atoms with Gasteiger partial charge in [0.05, 0.1) is 27.7 Å². The van der Waals surface area contributed by atoms with Crippen molar-refractivity contribution in [2.45, 2.75) is 187 Å². The standard InChI is InChI=1S/C48H86NO8P/c1-6-8-10-12-14-16-18-20-22-23-24-25-27-29-31-33-35-37-39-41-48(51)57-46(45-56-58(52,53)55-43-42-49(3,4)5)44-54-47(50)40-38-36-34-32-30-28-26-21-19-17-15-13-11-9-7-2/h14,16,20,22,24-25,29,31,35,37,46H,6-13,15,17-19,21,23,26-28,30,32-34,36,38-45H2,1-5H3/b16-14+,22-20+,25-24+,31-29+,37-35+. The number of carbonyl (C=O) groups is 2. The van der Waals surface area contributed by atoms with Crippen LogP contribution in [0.4, 0.5) is 0 Å². The first-order valence-corrected chi connectivity index (χ1v) is 24.5. The molecule has 0 aliphatic heterocycles. The fourth-order valence-corrected chi connectivity index (χ4v) is 6.66. The smallest absolute Gasteiger partial charge is 0.306 e. The van der Waals surface area contributed by atoms with Crippen LogP contribution in [0, 0.1) is 0 Å². The molecule has 0 N–H and O–H groups in total. The molecule has 336 valence electrons. The molecule has 0 bridgehead atoms. The van der Waals surface area contributed by atoms with Crippen molar-refractivity contribution in [3.05, 3.63) is 60.8 Å². The van der Waals surface area contributed by atoms with Gasteiger partial charge in [0.15, 0.2) is 6.10 Å². The zero-order valence-electron chi connectivity index (χ0n) is 37.7. The normalized spacial score (nSPS) is 14.1. The maximum Gasteiger partial charge on any atom is 0.306 e. The van der Waals surface area contributed by atoms with Crippen molar-refractivity contribution >= 4 is 19.8 Å². The highest BCUT2D eigenvalue weighted by Gasteiger charge is 2.21. The predicted molar refractivity (Wildman–Crippen MR) is 240 cm³/mol. The number of allylic oxidation sites excluding steroid dienone is 10. The molecule has 0 aromatic heterocycles. The summed E-state index contributed by atoms with van der Waals surface area (Å²) >= 11 is 0. The van der Waals surface area contributed by atoms with Crippen LogP contribution in [0.3, 0.4) is 0 Å². The predicted octanol–water partition coefficient (Wildman–Crippen LogP) is 12.6. The monoisotopic (exact) mass is 836 g/mol. The van der Waals surface area contributed by atoms with Gasteiger partial charge in [-0.3, -0.25) is 14.2 Å². The summed E-state index contributed by atoms with van der Waals surface area (Å²) in [5, 5.41) is 0. The Labute approximate surface area is 356 Å². The third-order valence-corrected chi connectivity index (χ3v) is 10.5. The van der Waals surface area contributed by atoms with Gasteiger partial charge in [-0.05, 0) is 51.4 Å². The van der Waals surface area contributed by atoms with Gasteiger partial charge in [-0.1, -0.05) is 177 Å². The molecule has 2 unspecified atom stereocenters. The lowest BCUT2D eigenvalue weighted by molar-refractivity contribution is -0.870. The molecule has 10 heteroatoms. The first-order chi connectivity index (χ1) is 28.0. The lowest BCUT2D eigenvalue weighted by Crippen LogP contribution is -2.37. The molecular formula is C48H86NO8P. The minimum absolute atomic E-state index is 0.0453. The van der Waals surface area contributed by atoms with E-state index in [0.29, 0.717) is 17.4 Å². The summed E-state index contributed by atoms with van der Waals surface area (Å²) in [5.41, 5.74) is 0. The summed E-state index contributed by atoms with van der Waals surface area (Å²) < 4.78 is 33.8. The second-order valence-electron chi connectivity index (χ2n) is 16.4. The van der Waals surface area contributed by atoms with Gasteiger partial charge in [0, 0.05) is 12.8 Å². The Hall–Kier alpha value is -2.29. The quantitative estimate of drug-likeness (QED) is 0.0197. The highest BCUT2D eigenvalue weighted by Crippen LogP contribution is 2.38. The minimum atomic E-state index is -4.65. The first kappa shape index (κ1) is 55.7. The average molecular weight is 836 g/mol. The highest BCUT2D eigenvalue weighted by molar-refractivity contribution is 7.45. The Morgan fingerprint density at radius 3 is 1.45 bits per heavy atom. The molecule has 0 fully saturated rings. The number of quaternary nitrogens is 1. The molecule has 0 aromatic carbocycles. The molecule has 0 radical (unpaired) electrons. The van der Waals surface area contributed by atoms with Gasteiger partial charge in [-0.15, -0.1) is 0 Å². The van der Waals surface area contributed by atoms with Crippen molar-refractivity contribution in [2.75, 3.05) is 47.5 Å². The number of ether oxygens (including phenoxy) is 2. The Balaban J connectivity index is 4.46. The van der Waals surface area contributed by atoms with Gasteiger partial charge in [0.25, 0.3) is 7.82 Å². The Morgan fingerprint density at radius 2 is 0.966 bits per heavy atom. The van der Waals surface area contributed by atoms with E-state index in [1.54, 1.807) is 0 Å². The summed E-state index contributed by atoms with van der Waals surface area (Å²) in [5.74, 6) is -0.930. The van der Waals surface area contributed by atoms with Gasteiger partial charge in [0.1, 0.15) is 19.8 Å². The molecule has 0 rings (SSSR count). The van der Waals surface area contributed by atoms with Crippen molar-refractivity contribution in [1.82, 2.24) is 0 Å². The third-order valence-electron chi connectivity index (χ3n) is 9.55. The molecule has 0 saturated heterocycles. The number of rotatable bonds is 41. The van der Waals surface area contributed by atoms with Gasteiger partial charge in [0.2, 0.25) is 0 Å². The van der Waals surface area contributed by atoms with Crippen LogP contribution in [-0.2, 0) is 32.7 Å². The third kappa shape index (κ3) is 43.3. The summed E-state index contributed by atoms with van der Waals surface area (Å²) in [6.45, 7) is 4.12. The number of nitrogens with zero attached hydrogens (tertiary/aromatic N) is 1. The Morgan fingerprint density at radius 1 is 0.534 bits per heavy atom. The molecule has 2 atom stereocenters. The zero-order chi connectivity index (χ0) is 42.8. The fraction of sp³-hybridized carbons (Fsp3) is 0.750. The number of likely N-dealkylation sites (N-methyl/N-ethyl adjacent to an activating group) is 1. The van der Waals surface area contributed by atoms with Crippen LogP contribution in [-0.4, -0.2) is 70.0 Å². The maximum atomic E-state index is 12.7. The second-order valence-corrected chi connectivity index (χ2v) is 17.8. The van der Waals surface area contributed by atoms with Gasteiger partial charge < -0.3 is 27.9 Å². The minimum Gasteiger partial charge on any atom is -0.756 e. The number of carbonyl (C=O) groups excluding carboxylic acids is 2. The van der Waals surface area contributed by atoms with Crippen molar-refractivity contribution in [2.24, 2.45) is 0 Å². The van der Waals surface area contributed by atoms with Crippen LogP contribution in [0.5, 0.6) is 0 Å². The number of unbranched alkanes of at least 4 members (excludes halogenated alkanes) is 17. The van der Waals surface area contributed by atoms with Crippen molar-refractivity contribution in [3.8, 4) is 0 Å². The SMILES string of the molecule is CCCCC/C=C/C/C=C/C/C=C/C/C=C/C/C=C/CCC(=O)OC(COC(=O)CCCCCCCCCCCCCCCCC)COP(=O)([O-])OCC[N+](C)(C)C. The summed E-state index contributed by atoms with van der Waals surface area (Å²) in [6, 6.07) is 0. The van der Waals surface area contributed by atoms with Crippen LogP contribution in [0.1, 0.15) is 181 Å². The first-order valence-electron chi connectivity index (χ1n) is 23.0. The van der Waals surface area contributed by atoms with Crippen molar-refractivity contribution in [1.29, 1.82) is 0 Å². The average Bonchev–Trinajstić information content (AvgIpc) is 3.17. The van der Waals surface area contributed by atoms with E-state index in [9.17, 15) is 19.0 Å². The fourth-order valence-electron chi connectivity index (χ4n) is 5.93. The van der Waals surface area contributed by atoms with E-state index in [1.807, 2.05) is 33.3 Å². The summed E-state index contributed by atoms with van der Waals surface area (Å²) in [6.07, 6.45) is 48.3. The van der Waals surface area contributed by atoms with Gasteiger partial charge in [-0.2, -0.15) is 0 Å². The second kappa shape index (κ2) is 40.1. The van der Waals surface area contributed by atoms with E-state index < -0.39 is 32.5 Å². The van der Waals surface area contributed by atoms with Crippen LogP contribution >= 0.6 is 7.82 Å². The van der Waals surface area contributed by atoms with E-state index in [2.05, 4.69) is 62.5 Å². The molecule has 58 heavy (non-hydrogen) atoms. The molecule has 0 aromatic rings. The topological polar surface area (TPSA) is 111 Å². The van der Waals surface area contributed by atoms with Crippen LogP contribution in [0.15, 0.2) is 60.8 Å². The molecule has 0 heterocycles. The summed E-state index contributed by atoms with van der Waals surface area (Å²) in [4.78, 5) is 37.5. The zero-order valence-corrected chi connectivity index (χ0v) is 38.6. The van der Waals surface area contributed by atoms with Crippen LogP contribution < -0.4 is 4.89 Å². The highest BCUT2D eigenvalue weighted by atomic mass is 31.2. The summed E-state index contributed by atoms with van der Waals surface area (Å²) in [7, 11) is 1.12. The Kier molecular flexibility index (Phi) is 38.5. The van der Waals surface area contributed by atoms with Crippen LogP contribution in [0.25, 0.3) is 0 Å². The number of hydrogen-bond acceptors (Lipinski definition) is 8. The van der Waals surface area contributed by atoms with Crippen molar-refractivity contribution in [3.63, 3.8) is 0 Å². The number of esters is 2. The molecule has 9 nitrogen and oxygen atoms in total. The van der Waals surface area contributed by atoms with E-state index >= 15 is 0 Å².